The molecule has 2 atom stereocenters. The quantitative estimate of drug-likeness (QED) is 0.788. The molecule has 0 saturated heterocycles. The van der Waals surface area contributed by atoms with Gasteiger partial charge in [0.05, 0.1) is 11.7 Å². The van der Waals surface area contributed by atoms with E-state index in [9.17, 15) is 4.79 Å². The highest BCUT2D eigenvalue weighted by Crippen LogP contribution is 2.39. The molecule has 3 rings (SSSR count). The monoisotopic (exact) mass is 276 g/mol. The molecule has 4 nitrogen and oxygen atoms in total. The van der Waals surface area contributed by atoms with E-state index in [0.29, 0.717) is 22.8 Å². The molecule has 1 heterocycles. The molecule has 20 heavy (non-hydrogen) atoms. The number of fused-ring (bicyclic) bond motifs is 1. The molecule has 2 unspecified atom stereocenters. The van der Waals surface area contributed by atoms with Crippen molar-refractivity contribution in [2.75, 3.05) is 6.79 Å². The molecule has 1 aromatic rings. The van der Waals surface area contributed by atoms with Crippen LogP contribution in [0.4, 0.5) is 0 Å². The molecule has 1 fully saturated rings. The molecule has 0 radical (unpaired) electrons. The molecular weight excluding hydrogens is 256 g/mol. The van der Waals surface area contributed by atoms with Gasteiger partial charge in [0.1, 0.15) is 5.75 Å². The van der Waals surface area contributed by atoms with Crippen LogP contribution in [0.25, 0.3) is 0 Å². The lowest BCUT2D eigenvalue weighted by Gasteiger charge is -2.29. The fraction of sp³-hybridized carbons (Fsp3) is 0.562. The molecule has 0 spiro atoms. The molecule has 0 aromatic heterocycles. The third-order valence-corrected chi connectivity index (χ3v) is 4.24. The summed E-state index contributed by atoms with van der Waals surface area (Å²) in [4.78, 5) is 11.2. The van der Waals surface area contributed by atoms with Gasteiger partial charge in [-0.3, -0.25) is 4.79 Å². The molecular formula is C16H20O4. The first-order chi connectivity index (χ1) is 9.80. The Morgan fingerprint density at radius 3 is 2.85 bits per heavy atom. The van der Waals surface area contributed by atoms with Crippen LogP contribution in [-0.2, 0) is 0 Å². The molecule has 1 saturated carbocycles. The van der Waals surface area contributed by atoms with E-state index in [1.807, 2.05) is 0 Å². The van der Waals surface area contributed by atoms with Gasteiger partial charge < -0.3 is 14.2 Å². The number of hydrogen-bond acceptors (Lipinski definition) is 4. The minimum Gasteiger partial charge on any atom is -0.490 e. The lowest BCUT2D eigenvalue weighted by Crippen LogP contribution is -2.25. The third kappa shape index (κ3) is 2.60. The Hall–Kier alpha value is -1.71. The summed E-state index contributed by atoms with van der Waals surface area (Å²) in [7, 11) is 0. The first kappa shape index (κ1) is 13.3. The Kier molecular flexibility index (Phi) is 3.81. The number of ether oxygens (including phenoxy) is 3. The van der Waals surface area contributed by atoms with E-state index >= 15 is 0 Å². The van der Waals surface area contributed by atoms with E-state index in [1.165, 1.54) is 19.3 Å². The van der Waals surface area contributed by atoms with E-state index in [2.05, 4.69) is 6.92 Å². The van der Waals surface area contributed by atoms with Crippen LogP contribution in [0.3, 0.4) is 0 Å². The average molecular weight is 276 g/mol. The second-order valence-electron chi connectivity index (χ2n) is 5.54. The lowest BCUT2D eigenvalue weighted by molar-refractivity contribution is 0.108. The third-order valence-electron chi connectivity index (χ3n) is 4.24. The van der Waals surface area contributed by atoms with Crippen molar-refractivity contribution in [3.8, 4) is 17.2 Å². The van der Waals surface area contributed by atoms with Crippen LogP contribution in [0.5, 0.6) is 17.2 Å². The van der Waals surface area contributed by atoms with Crippen molar-refractivity contribution in [1.29, 1.82) is 0 Å². The van der Waals surface area contributed by atoms with Crippen molar-refractivity contribution in [3.63, 3.8) is 0 Å². The predicted molar refractivity (Wildman–Crippen MR) is 74.6 cm³/mol. The molecule has 1 aliphatic heterocycles. The second-order valence-corrected chi connectivity index (χ2v) is 5.54. The molecule has 1 aromatic carbocycles. The van der Waals surface area contributed by atoms with Gasteiger partial charge in [0.25, 0.3) is 0 Å². The number of carbonyl (C=O) groups excluding carboxylic acids is 1. The largest absolute Gasteiger partial charge is 0.490 e. The first-order valence-corrected chi connectivity index (χ1v) is 7.35. The Balaban J connectivity index is 1.78. The maximum absolute atomic E-state index is 11.2. The molecule has 2 aliphatic rings. The molecule has 0 amide bonds. The highest BCUT2D eigenvalue weighted by molar-refractivity contribution is 5.81. The molecule has 0 bridgehead atoms. The van der Waals surface area contributed by atoms with Crippen LogP contribution in [0.2, 0.25) is 0 Å². The van der Waals surface area contributed by atoms with Crippen LogP contribution >= 0.6 is 0 Å². The fourth-order valence-corrected chi connectivity index (χ4v) is 3.03. The summed E-state index contributed by atoms with van der Waals surface area (Å²) >= 11 is 0. The molecule has 108 valence electrons. The first-order valence-electron chi connectivity index (χ1n) is 7.35. The van der Waals surface area contributed by atoms with Crippen molar-refractivity contribution in [1.82, 2.24) is 0 Å². The van der Waals surface area contributed by atoms with E-state index in [0.717, 1.165) is 25.0 Å². The van der Waals surface area contributed by atoms with Crippen LogP contribution in [0.15, 0.2) is 12.1 Å². The van der Waals surface area contributed by atoms with Gasteiger partial charge in [-0.05, 0) is 31.2 Å². The van der Waals surface area contributed by atoms with Gasteiger partial charge in [0, 0.05) is 6.07 Å². The summed E-state index contributed by atoms with van der Waals surface area (Å²) in [5.41, 5.74) is 0.535. The number of carbonyl (C=O) groups is 1. The fourth-order valence-electron chi connectivity index (χ4n) is 3.03. The van der Waals surface area contributed by atoms with E-state index in [-0.39, 0.29) is 12.9 Å². The van der Waals surface area contributed by atoms with Crippen LogP contribution in [0.1, 0.15) is 49.4 Å². The molecule has 1 aliphatic carbocycles. The average Bonchev–Trinajstić information content (AvgIpc) is 2.93. The van der Waals surface area contributed by atoms with Crippen LogP contribution < -0.4 is 14.2 Å². The van der Waals surface area contributed by atoms with Crippen LogP contribution in [-0.4, -0.2) is 19.2 Å². The minimum absolute atomic E-state index is 0.202. The Morgan fingerprint density at radius 2 is 2.10 bits per heavy atom. The summed E-state index contributed by atoms with van der Waals surface area (Å²) < 4.78 is 16.7. The van der Waals surface area contributed by atoms with Gasteiger partial charge in [0.2, 0.25) is 6.79 Å². The predicted octanol–water partition coefficient (Wildman–Crippen LogP) is 3.58. The van der Waals surface area contributed by atoms with E-state index < -0.39 is 0 Å². The SMILES string of the molecule is CCC1CCCC(Oc2cc3c(cc2C=O)OCO3)C1. The number of benzene rings is 1. The maximum atomic E-state index is 11.2. The lowest BCUT2D eigenvalue weighted by atomic mass is 9.85. The van der Waals surface area contributed by atoms with Gasteiger partial charge in [0.15, 0.2) is 17.8 Å². The van der Waals surface area contributed by atoms with Gasteiger partial charge in [-0.15, -0.1) is 0 Å². The standard InChI is InChI=1S/C16H20O4/c1-2-11-4-3-5-13(6-11)20-14-8-16-15(18-10-19-16)7-12(14)9-17/h7-9,11,13H,2-6,10H2,1H3. The zero-order valence-electron chi connectivity index (χ0n) is 11.8. The van der Waals surface area contributed by atoms with Gasteiger partial charge >= 0.3 is 0 Å². The number of aldehydes is 1. The van der Waals surface area contributed by atoms with Crippen molar-refractivity contribution in [3.05, 3.63) is 17.7 Å². The molecule has 0 N–H and O–H groups in total. The zero-order chi connectivity index (χ0) is 13.9. The van der Waals surface area contributed by atoms with Crippen molar-refractivity contribution in [2.24, 2.45) is 5.92 Å². The Labute approximate surface area is 119 Å². The van der Waals surface area contributed by atoms with Crippen LogP contribution in [0, 0.1) is 5.92 Å². The Morgan fingerprint density at radius 1 is 1.30 bits per heavy atom. The summed E-state index contributed by atoms with van der Waals surface area (Å²) in [6.45, 7) is 2.43. The number of rotatable bonds is 4. The highest BCUT2D eigenvalue weighted by Gasteiger charge is 2.24. The topological polar surface area (TPSA) is 44.8 Å². The summed E-state index contributed by atoms with van der Waals surface area (Å²) in [5, 5.41) is 0. The summed E-state index contributed by atoms with van der Waals surface area (Å²) in [6.07, 6.45) is 6.83. The minimum atomic E-state index is 0.202. The smallest absolute Gasteiger partial charge is 0.231 e. The van der Waals surface area contributed by atoms with Gasteiger partial charge in [-0.1, -0.05) is 19.8 Å². The van der Waals surface area contributed by atoms with Crippen molar-refractivity contribution in [2.45, 2.75) is 45.1 Å². The maximum Gasteiger partial charge on any atom is 0.231 e. The molecule has 4 heteroatoms. The highest BCUT2D eigenvalue weighted by atomic mass is 16.7. The van der Waals surface area contributed by atoms with Crippen molar-refractivity contribution >= 4 is 6.29 Å². The van der Waals surface area contributed by atoms with Gasteiger partial charge in [-0.25, -0.2) is 0 Å². The number of hydrogen-bond donors (Lipinski definition) is 0. The van der Waals surface area contributed by atoms with E-state index in [1.54, 1.807) is 12.1 Å². The Bertz CT molecular complexity index is 497. The summed E-state index contributed by atoms with van der Waals surface area (Å²) in [6, 6.07) is 3.48. The zero-order valence-corrected chi connectivity index (χ0v) is 11.8. The van der Waals surface area contributed by atoms with Gasteiger partial charge in [-0.2, -0.15) is 0 Å². The summed E-state index contributed by atoms with van der Waals surface area (Å²) in [5.74, 6) is 2.64. The normalized spacial score (nSPS) is 24.4. The second kappa shape index (κ2) is 5.73. The van der Waals surface area contributed by atoms with E-state index in [4.69, 9.17) is 14.2 Å². The van der Waals surface area contributed by atoms with Crippen molar-refractivity contribution < 1.29 is 19.0 Å².